The Bertz CT molecular complexity index is 952. The van der Waals surface area contributed by atoms with Crippen LogP contribution in [0.15, 0.2) is 42.5 Å². The molecular weight excluding hydrogens is 397 g/mol. The summed E-state index contributed by atoms with van der Waals surface area (Å²) in [7, 11) is 2.09. The van der Waals surface area contributed by atoms with Crippen LogP contribution in [0.25, 0.3) is 11.0 Å². The Morgan fingerprint density at radius 2 is 1.96 bits per heavy atom. The van der Waals surface area contributed by atoms with Gasteiger partial charge in [-0.15, -0.1) is 0 Å². The monoisotopic (exact) mass is 417 g/mol. The van der Waals surface area contributed by atoms with Crippen molar-refractivity contribution in [1.29, 1.82) is 0 Å². The van der Waals surface area contributed by atoms with E-state index in [-0.39, 0.29) is 18.1 Å². The normalized spacial score (nSPS) is 20.2. The van der Waals surface area contributed by atoms with Gasteiger partial charge in [-0.25, -0.2) is 9.78 Å². The number of rotatable bonds is 3. The van der Waals surface area contributed by atoms with Crippen LogP contribution in [0, 0.1) is 0 Å². The van der Waals surface area contributed by atoms with Crippen LogP contribution >= 0.6 is 23.2 Å². The molecule has 1 aliphatic rings. The zero-order valence-electron chi connectivity index (χ0n) is 15.4. The Kier molecular flexibility index (Phi) is 5.44. The highest BCUT2D eigenvalue weighted by Crippen LogP contribution is 2.29. The molecule has 1 fully saturated rings. The maximum absolute atomic E-state index is 12.4. The summed E-state index contributed by atoms with van der Waals surface area (Å²) in [6, 6.07) is 12.8. The Labute approximate surface area is 173 Å². The number of benzene rings is 2. The van der Waals surface area contributed by atoms with Gasteiger partial charge in [-0.05, 0) is 50.2 Å². The van der Waals surface area contributed by atoms with Crippen molar-refractivity contribution in [2.45, 2.75) is 24.9 Å². The molecule has 0 bridgehead atoms. The Hall–Kier alpha value is -2.28. The van der Waals surface area contributed by atoms with Gasteiger partial charge in [0, 0.05) is 28.3 Å². The van der Waals surface area contributed by atoms with Gasteiger partial charge in [-0.2, -0.15) is 0 Å². The summed E-state index contributed by atoms with van der Waals surface area (Å²) in [6.07, 6.45) is 1.65. The van der Waals surface area contributed by atoms with Crippen LogP contribution in [0.4, 0.5) is 10.5 Å². The number of anilines is 1. The highest BCUT2D eigenvalue weighted by Gasteiger charge is 2.30. The number of halogens is 2. The van der Waals surface area contributed by atoms with E-state index < -0.39 is 0 Å². The molecule has 8 heteroatoms. The average molecular weight is 418 g/mol. The molecule has 1 saturated heterocycles. The molecule has 0 radical (unpaired) electrons. The van der Waals surface area contributed by atoms with Gasteiger partial charge in [-0.1, -0.05) is 35.3 Å². The fourth-order valence-corrected chi connectivity index (χ4v) is 4.17. The summed E-state index contributed by atoms with van der Waals surface area (Å²) in [5, 5.41) is 6.82. The van der Waals surface area contributed by atoms with E-state index in [1.165, 1.54) is 0 Å². The van der Waals surface area contributed by atoms with Crippen LogP contribution < -0.4 is 10.6 Å². The number of nitrogens with one attached hydrogen (secondary N) is 3. The molecule has 0 saturated carbocycles. The maximum atomic E-state index is 12.4. The van der Waals surface area contributed by atoms with Crippen molar-refractivity contribution in [2.24, 2.45) is 0 Å². The zero-order valence-corrected chi connectivity index (χ0v) is 16.9. The van der Waals surface area contributed by atoms with E-state index in [0.717, 1.165) is 36.2 Å². The molecule has 2 heterocycles. The molecule has 3 aromatic rings. The van der Waals surface area contributed by atoms with Gasteiger partial charge in [-0.3, -0.25) is 4.90 Å². The number of carbonyl (C=O) groups is 1. The molecule has 1 aliphatic heterocycles. The van der Waals surface area contributed by atoms with Gasteiger partial charge in [0.2, 0.25) is 0 Å². The molecule has 6 nitrogen and oxygen atoms in total. The Morgan fingerprint density at radius 3 is 2.71 bits per heavy atom. The third-order valence-corrected chi connectivity index (χ3v) is 5.49. The number of imidazole rings is 1. The fourth-order valence-electron chi connectivity index (χ4n) is 3.64. The lowest BCUT2D eigenvalue weighted by Gasteiger charge is -2.36. The van der Waals surface area contributed by atoms with Crippen LogP contribution in [0.1, 0.15) is 24.7 Å². The van der Waals surface area contributed by atoms with Crippen molar-refractivity contribution in [3.63, 3.8) is 0 Å². The van der Waals surface area contributed by atoms with E-state index in [1.807, 2.05) is 24.3 Å². The number of hydrogen-bond acceptors (Lipinski definition) is 3. The number of urea groups is 1. The van der Waals surface area contributed by atoms with Gasteiger partial charge < -0.3 is 15.6 Å². The zero-order chi connectivity index (χ0) is 19.7. The minimum absolute atomic E-state index is 0.0454. The molecule has 146 valence electrons. The van der Waals surface area contributed by atoms with E-state index in [1.54, 1.807) is 18.2 Å². The summed E-state index contributed by atoms with van der Waals surface area (Å²) in [5.41, 5.74) is 2.55. The summed E-state index contributed by atoms with van der Waals surface area (Å²) < 4.78 is 0. The Morgan fingerprint density at radius 1 is 1.21 bits per heavy atom. The summed E-state index contributed by atoms with van der Waals surface area (Å²) in [5.74, 6) is 0.928. The number of hydrogen-bond donors (Lipinski definition) is 3. The molecule has 4 rings (SSSR count). The van der Waals surface area contributed by atoms with Crippen molar-refractivity contribution in [1.82, 2.24) is 20.2 Å². The first-order chi connectivity index (χ1) is 13.5. The first-order valence-electron chi connectivity index (χ1n) is 9.16. The second-order valence-electron chi connectivity index (χ2n) is 7.11. The smallest absolute Gasteiger partial charge is 0.319 e. The van der Waals surface area contributed by atoms with Gasteiger partial charge in [0.05, 0.1) is 17.1 Å². The quantitative estimate of drug-likeness (QED) is 0.571. The molecule has 0 aliphatic carbocycles. The topological polar surface area (TPSA) is 73.1 Å². The van der Waals surface area contributed by atoms with Crippen LogP contribution in [0.3, 0.4) is 0 Å². The molecule has 28 heavy (non-hydrogen) atoms. The molecular formula is C20H21Cl2N5O. The lowest BCUT2D eigenvalue weighted by atomic mass is 9.97. The van der Waals surface area contributed by atoms with Crippen LogP contribution in [-0.2, 0) is 0 Å². The predicted molar refractivity (Wildman–Crippen MR) is 113 cm³/mol. The van der Waals surface area contributed by atoms with E-state index in [4.69, 9.17) is 28.2 Å². The number of H-pyrrole nitrogens is 1. The molecule has 1 aromatic heterocycles. The van der Waals surface area contributed by atoms with E-state index in [2.05, 4.69) is 27.6 Å². The SMILES string of the molecule is CN1CCC(NC(=O)Nc2cc(Cl)cc(Cl)c2)CC1c1nc2ccccc2[nH]1. The van der Waals surface area contributed by atoms with E-state index in [9.17, 15) is 4.79 Å². The van der Waals surface area contributed by atoms with Gasteiger partial charge in [0.15, 0.2) is 0 Å². The molecule has 2 atom stereocenters. The third-order valence-electron chi connectivity index (χ3n) is 5.05. The van der Waals surface area contributed by atoms with E-state index in [0.29, 0.717) is 15.7 Å². The number of para-hydroxylation sites is 2. The van der Waals surface area contributed by atoms with Crippen LogP contribution in [0.2, 0.25) is 10.0 Å². The molecule has 2 aromatic carbocycles. The van der Waals surface area contributed by atoms with Crippen molar-refractivity contribution >= 4 is 46.0 Å². The standard InChI is InChI=1S/C20H21Cl2N5O/c1-27-7-6-14(23-20(28)24-15-9-12(21)8-13(22)10-15)11-18(27)19-25-16-4-2-3-5-17(16)26-19/h2-5,8-10,14,18H,6-7,11H2,1H3,(H,25,26)(H2,23,24,28). The minimum Gasteiger partial charge on any atom is -0.341 e. The van der Waals surface area contributed by atoms with Crippen LogP contribution in [-0.4, -0.2) is 40.5 Å². The van der Waals surface area contributed by atoms with Crippen molar-refractivity contribution in [2.75, 3.05) is 18.9 Å². The second-order valence-corrected chi connectivity index (χ2v) is 7.99. The first kappa shape index (κ1) is 19.1. The van der Waals surface area contributed by atoms with Gasteiger partial charge in [0.25, 0.3) is 0 Å². The number of likely N-dealkylation sites (tertiary alicyclic amines) is 1. The van der Waals surface area contributed by atoms with E-state index >= 15 is 0 Å². The number of piperidine rings is 1. The number of amides is 2. The minimum atomic E-state index is -0.267. The lowest BCUT2D eigenvalue weighted by molar-refractivity contribution is 0.153. The summed E-state index contributed by atoms with van der Waals surface area (Å²) in [4.78, 5) is 22.8. The van der Waals surface area contributed by atoms with Crippen molar-refractivity contribution in [3.05, 3.63) is 58.3 Å². The molecule has 0 spiro atoms. The third kappa shape index (κ3) is 4.24. The number of nitrogens with zero attached hydrogens (tertiary/aromatic N) is 2. The average Bonchev–Trinajstić information content (AvgIpc) is 3.06. The van der Waals surface area contributed by atoms with Crippen molar-refractivity contribution < 1.29 is 4.79 Å². The van der Waals surface area contributed by atoms with Crippen molar-refractivity contribution in [3.8, 4) is 0 Å². The highest BCUT2D eigenvalue weighted by molar-refractivity contribution is 6.35. The molecule has 2 amide bonds. The number of carbonyl (C=O) groups excluding carboxylic acids is 1. The van der Waals surface area contributed by atoms with Gasteiger partial charge >= 0.3 is 6.03 Å². The summed E-state index contributed by atoms with van der Waals surface area (Å²) in [6.45, 7) is 0.871. The van der Waals surface area contributed by atoms with Gasteiger partial charge in [0.1, 0.15) is 5.82 Å². The summed E-state index contributed by atoms with van der Waals surface area (Å²) >= 11 is 12.0. The molecule has 2 unspecified atom stereocenters. The largest absolute Gasteiger partial charge is 0.341 e. The Balaban J connectivity index is 1.43. The lowest BCUT2D eigenvalue weighted by Crippen LogP contribution is -2.46. The van der Waals surface area contributed by atoms with Crippen LogP contribution in [0.5, 0.6) is 0 Å². The number of aromatic amines is 1. The number of aromatic nitrogens is 2. The molecule has 3 N–H and O–H groups in total. The highest BCUT2D eigenvalue weighted by atomic mass is 35.5. The second kappa shape index (κ2) is 7.99. The maximum Gasteiger partial charge on any atom is 0.319 e. The number of fused-ring (bicyclic) bond motifs is 1. The first-order valence-corrected chi connectivity index (χ1v) is 9.92. The predicted octanol–water partition coefficient (Wildman–Crippen LogP) is 4.83. The fraction of sp³-hybridized carbons (Fsp3) is 0.300.